The molecule has 3 rings (SSSR count). The van der Waals surface area contributed by atoms with Gasteiger partial charge < -0.3 is 14.5 Å². The molecule has 0 saturated heterocycles. The first-order valence-corrected chi connectivity index (χ1v) is 8.49. The highest BCUT2D eigenvalue weighted by atomic mass is 16.5. The number of methoxy groups -OCH3 is 1. The molecular weight excluding hydrogens is 328 g/mol. The van der Waals surface area contributed by atoms with E-state index in [2.05, 4.69) is 10.3 Å². The van der Waals surface area contributed by atoms with Crippen LogP contribution < -0.4 is 10.1 Å². The van der Waals surface area contributed by atoms with Gasteiger partial charge in [-0.2, -0.15) is 0 Å². The van der Waals surface area contributed by atoms with Gasteiger partial charge in [-0.1, -0.05) is 36.4 Å². The number of hydrogen-bond donors (Lipinski definition) is 1. The predicted molar refractivity (Wildman–Crippen MR) is 100.0 cm³/mol. The number of nitrogens with zero attached hydrogens (tertiary/aromatic N) is 1. The number of benzene rings is 2. The molecule has 0 atom stereocenters. The molecule has 0 spiro atoms. The first kappa shape index (κ1) is 17.7. The highest BCUT2D eigenvalue weighted by molar-refractivity contribution is 5.78. The van der Waals surface area contributed by atoms with E-state index in [1.807, 2.05) is 62.4 Å². The number of hydrogen-bond acceptors (Lipinski definition) is 4. The predicted octanol–water partition coefficient (Wildman–Crippen LogP) is 3.83. The second kappa shape index (κ2) is 7.87. The molecule has 3 aromatic rings. The van der Waals surface area contributed by atoms with E-state index in [4.69, 9.17) is 9.15 Å². The van der Waals surface area contributed by atoms with Gasteiger partial charge in [0.1, 0.15) is 11.5 Å². The smallest absolute Gasteiger partial charge is 0.226 e. The van der Waals surface area contributed by atoms with E-state index in [1.54, 1.807) is 7.11 Å². The van der Waals surface area contributed by atoms with Crippen molar-refractivity contribution in [1.29, 1.82) is 0 Å². The van der Waals surface area contributed by atoms with Gasteiger partial charge in [0.15, 0.2) is 0 Å². The van der Waals surface area contributed by atoms with Gasteiger partial charge in [0.05, 0.1) is 19.2 Å². The van der Waals surface area contributed by atoms with Crippen molar-refractivity contribution in [3.63, 3.8) is 0 Å². The van der Waals surface area contributed by atoms with Gasteiger partial charge in [-0.3, -0.25) is 4.79 Å². The van der Waals surface area contributed by atoms with E-state index >= 15 is 0 Å². The van der Waals surface area contributed by atoms with Gasteiger partial charge in [-0.15, -0.1) is 0 Å². The molecule has 1 N–H and O–H groups in total. The van der Waals surface area contributed by atoms with E-state index in [9.17, 15) is 4.79 Å². The fourth-order valence-corrected chi connectivity index (χ4v) is 2.78. The molecule has 0 aliphatic rings. The molecule has 0 unspecified atom stereocenters. The summed E-state index contributed by atoms with van der Waals surface area (Å²) in [4.78, 5) is 16.8. The molecule has 134 valence electrons. The summed E-state index contributed by atoms with van der Waals surface area (Å²) >= 11 is 0. The largest absolute Gasteiger partial charge is 0.496 e. The average Bonchev–Trinajstić information content (AvgIpc) is 3.00. The maximum Gasteiger partial charge on any atom is 0.226 e. The Hall–Kier alpha value is -3.08. The van der Waals surface area contributed by atoms with Crippen molar-refractivity contribution in [3.05, 3.63) is 71.1 Å². The highest BCUT2D eigenvalue weighted by Crippen LogP contribution is 2.25. The monoisotopic (exact) mass is 350 g/mol. The average molecular weight is 350 g/mol. The summed E-state index contributed by atoms with van der Waals surface area (Å²) in [5.41, 5.74) is 3.61. The Kier molecular flexibility index (Phi) is 5.37. The lowest BCUT2D eigenvalue weighted by molar-refractivity contribution is -0.120. The van der Waals surface area contributed by atoms with Crippen molar-refractivity contribution in [2.75, 3.05) is 7.11 Å². The molecule has 0 bridgehead atoms. The number of carbonyl (C=O) groups excluding carboxylic acids is 1. The van der Waals surface area contributed by atoms with Gasteiger partial charge in [0.25, 0.3) is 0 Å². The minimum absolute atomic E-state index is 0.108. The van der Waals surface area contributed by atoms with Crippen LogP contribution in [0.2, 0.25) is 0 Å². The van der Waals surface area contributed by atoms with Crippen LogP contribution in [0, 0.1) is 13.8 Å². The number of amides is 1. The van der Waals surface area contributed by atoms with Crippen molar-refractivity contribution in [3.8, 4) is 17.2 Å². The van der Waals surface area contributed by atoms with E-state index < -0.39 is 0 Å². The van der Waals surface area contributed by atoms with E-state index in [-0.39, 0.29) is 12.3 Å². The van der Waals surface area contributed by atoms with E-state index in [1.165, 1.54) is 0 Å². The van der Waals surface area contributed by atoms with Crippen molar-refractivity contribution in [1.82, 2.24) is 10.3 Å². The van der Waals surface area contributed by atoms with Gasteiger partial charge in [0.2, 0.25) is 11.8 Å². The topological polar surface area (TPSA) is 64.4 Å². The molecule has 1 heterocycles. The number of para-hydroxylation sites is 1. The molecule has 26 heavy (non-hydrogen) atoms. The summed E-state index contributed by atoms with van der Waals surface area (Å²) < 4.78 is 11.1. The van der Waals surface area contributed by atoms with Gasteiger partial charge >= 0.3 is 0 Å². The Bertz CT molecular complexity index is 915. The number of aryl methyl sites for hydroxylation is 2. The zero-order valence-electron chi connectivity index (χ0n) is 15.2. The fraction of sp³-hybridized carbons (Fsp3) is 0.238. The molecule has 0 fully saturated rings. The maximum atomic E-state index is 12.3. The van der Waals surface area contributed by atoms with Gasteiger partial charge in [-0.25, -0.2) is 4.98 Å². The van der Waals surface area contributed by atoms with Crippen molar-refractivity contribution < 1.29 is 13.9 Å². The number of rotatable bonds is 6. The van der Waals surface area contributed by atoms with Crippen LogP contribution in [0.5, 0.6) is 5.75 Å². The lowest BCUT2D eigenvalue weighted by Gasteiger charge is -2.09. The SMILES string of the molecule is COc1ccccc1CNC(=O)Cc1nc(-c2ccccc2C)oc1C. The number of oxazole rings is 1. The third kappa shape index (κ3) is 3.94. The van der Waals surface area contributed by atoms with Crippen molar-refractivity contribution in [2.24, 2.45) is 0 Å². The minimum Gasteiger partial charge on any atom is -0.496 e. The quantitative estimate of drug-likeness (QED) is 0.734. The Morgan fingerprint density at radius 3 is 2.62 bits per heavy atom. The maximum absolute atomic E-state index is 12.3. The molecule has 1 aromatic heterocycles. The fourth-order valence-electron chi connectivity index (χ4n) is 2.78. The number of nitrogens with one attached hydrogen (secondary N) is 1. The van der Waals surface area contributed by atoms with Crippen LogP contribution in [0.25, 0.3) is 11.5 Å². The molecule has 5 nitrogen and oxygen atoms in total. The Labute approximate surface area is 153 Å². The molecule has 2 aromatic carbocycles. The zero-order valence-corrected chi connectivity index (χ0v) is 15.2. The lowest BCUT2D eigenvalue weighted by Crippen LogP contribution is -2.25. The normalized spacial score (nSPS) is 10.6. The van der Waals surface area contributed by atoms with E-state index in [0.717, 1.165) is 22.4 Å². The molecule has 1 amide bonds. The standard InChI is InChI=1S/C21H22N2O3/c1-14-8-4-6-10-17(14)21-23-18(15(2)26-21)12-20(24)22-13-16-9-5-7-11-19(16)25-3/h4-11H,12-13H2,1-3H3,(H,22,24). The molecule has 0 radical (unpaired) electrons. The summed E-state index contributed by atoms with van der Waals surface area (Å²) in [5, 5.41) is 2.91. The highest BCUT2D eigenvalue weighted by Gasteiger charge is 2.16. The summed E-state index contributed by atoms with van der Waals surface area (Å²) in [6, 6.07) is 15.5. The van der Waals surface area contributed by atoms with Crippen LogP contribution in [-0.4, -0.2) is 18.0 Å². The molecule has 0 saturated carbocycles. The van der Waals surface area contributed by atoms with Crippen LogP contribution in [0.3, 0.4) is 0 Å². The van der Waals surface area contributed by atoms with Crippen molar-refractivity contribution in [2.45, 2.75) is 26.8 Å². The molecule has 0 aliphatic heterocycles. The van der Waals surface area contributed by atoms with Crippen LogP contribution >= 0.6 is 0 Å². The number of aromatic nitrogens is 1. The van der Waals surface area contributed by atoms with Crippen LogP contribution in [-0.2, 0) is 17.8 Å². The summed E-state index contributed by atoms with van der Waals surface area (Å²) in [7, 11) is 1.62. The second-order valence-electron chi connectivity index (χ2n) is 6.10. The van der Waals surface area contributed by atoms with Crippen LogP contribution in [0.4, 0.5) is 0 Å². The third-order valence-electron chi connectivity index (χ3n) is 4.26. The number of ether oxygens (including phenoxy) is 1. The Morgan fingerprint density at radius 2 is 1.85 bits per heavy atom. The number of carbonyl (C=O) groups is 1. The minimum atomic E-state index is -0.108. The summed E-state index contributed by atoms with van der Waals surface area (Å²) in [5.74, 6) is 1.86. The first-order valence-electron chi connectivity index (χ1n) is 8.49. The molecule has 5 heteroatoms. The second-order valence-corrected chi connectivity index (χ2v) is 6.10. The Balaban J connectivity index is 1.67. The molecular formula is C21H22N2O3. The zero-order chi connectivity index (χ0) is 18.5. The van der Waals surface area contributed by atoms with E-state index in [0.29, 0.717) is 23.9 Å². The Morgan fingerprint density at radius 1 is 1.12 bits per heavy atom. The molecule has 0 aliphatic carbocycles. The lowest BCUT2D eigenvalue weighted by atomic mass is 10.1. The van der Waals surface area contributed by atoms with Crippen LogP contribution in [0.15, 0.2) is 52.9 Å². The summed E-state index contributed by atoms with van der Waals surface area (Å²) in [6.07, 6.45) is 0.177. The first-order chi connectivity index (χ1) is 12.6. The summed E-state index contributed by atoms with van der Waals surface area (Å²) in [6.45, 7) is 4.25. The van der Waals surface area contributed by atoms with Gasteiger partial charge in [0, 0.05) is 17.7 Å². The third-order valence-corrected chi connectivity index (χ3v) is 4.26. The van der Waals surface area contributed by atoms with Crippen LogP contribution in [0.1, 0.15) is 22.6 Å². The van der Waals surface area contributed by atoms with Crippen molar-refractivity contribution >= 4 is 5.91 Å². The van der Waals surface area contributed by atoms with Gasteiger partial charge in [-0.05, 0) is 31.5 Å².